The minimum atomic E-state index is -0.591. The van der Waals surface area contributed by atoms with E-state index in [0.717, 1.165) is 5.56 Å². The number of ether oxygens (including phenoxy) is 1. The van der Waals surface area contributed by atoms with Crippen molar-refractivity contribution in [2.75, 3.05) is 11.9 Å². The van der Waals surface area contributed by atoms with Gasteiger partial charge in [-0.25, -0.2) is 4.79 Å². The second-order valence-corrected chi connectivity index (χ2v) is 6.91. The normalized spacial score (nSPS) is 10.5. The Morgan fingerprint density at radius 3 is 2.55 bits per heavy atom. The highest BCUT2D eigenvalue weighted by Crippen LogP contribution is 2.22. The van der Waals surface area contributed by atoms with Gasteiger partial charge in [0.15, 0.2) is 0 Å². The van der Waals surface area contributed by atoms with Crippen LogP contribution in [0.15, 0.2) is 63.8 Å². The van der Waals surface area contributed by atoms with Gasteiger partial charge in [-0.1, -0.05) is 30.3 Å². The third-order valence-electron chi connectivity index (χ3n) is 4.40. The van der Waals surface area contributed by atoms with E-state index in [4.69, 9.17) is 9.15 Å². The monoisotopic (exact) mass is 422 g/mol. The highest BCUT2D eigenvalue weighted by atomic mass is 16.5. The van der Waals surface area contributed by atoms with E-state index in [1.807, 2.05) is 30.3 Å². The molecule has 0 saturated heterocycles. The number of hydrogen-bond donors (Lipinski definition) is 2. The van der Waals surface area contributed by atoms with E-state index in [1.165, 1.54) is 19.1 Å². The Morgan fingerprint density at radius 1 is 1.03 bits per heavy atom. The Labute approximate surface area is 178 Å². The summed E-state index contributed by atoms with van der Waals surface area (Å²) in [6.45, 7) is 1.42. The van der Waals surface area contributed by atoms with Gasteiger partial charge in [-0.05, 0) is 17.7 Å². The number of benzene rings is 2. The van der Waals surface area contributed by atoms with E-state index in [2.05, 4.69) is 10.6 Å². The van der Waals surface area contributed by atoms with Crippen LogP contribution in [0.4, 0.5) is 5.69 Å². The van der Waals surface area contributed by atoms with Gasteiger partial charge in [0.1, 0.15) is 12.2 Å². The number of amides is 2. The molecule has 0 bridgehead atoms. The summed E-state index contributed by atoms with van der Waals surface area (Å²) >= 11 is 0. The molecule has 160 valence electrons. The average molecular weight is 422 g/mol. The molecule has 2 amide bonds. The number of hydrogen-bond acceptors (Lipinski definition) is 6. The van der Waals surface area contributed by atoms with Crippen molar-refractivity contribution in [1.82, 2.24) is 5.32 Å². The van der Waals surface area contributed by atoms with E-state index >= 15 is 0 Å². The van der Waals surface area contributed by atoms with Gasteiger partial charge in [0, 0.05) is 42.2 Å². The molecule has 3 rings (SSSR count). The van der Waals surface area contributed by atoms with E-state index in [9.17, 15) is 19.2 Å². The molecular formula is C23H22N2O6. The van der Waals surface area contributed by atoms with Crippen LogP contribution in [0.1, 0.15) is 24.5 Å². The lowest BCUT2D eigenvalue weighted by Crippen LogP contribution is -2.27. The molecule has 0 radical (unpaired) electrons. The standard InChI is InChI=1S/C23H22N2O6/c1-15(26)25-18-7-8-19-17(12-23(29)31-20(19)13-18)14-30-22(28)9-10-24-21(27)11-16-5-3-2-4-6-16/h2-8,12-13H,9-11,14H2,1H3,(H,24,27)(H,25,26). The third-order valence-corrected chi connectivity index (χ3v) is 4.40. The van der Waals surface area contributed by atoms with Crippen LogP contribution >= 0.6 is 0 Å². The molecule has 0 aliphatic heterocycles. The van der Waals surface area contributed by atoms with Gasteiger partial charge < -0.3 is 19.8 Å². The van der Waals surface area contributed by atoms with E-state index < -0.39 is 11.6 Å². The summed E-state index contributed by atoms with van der Waals surface area (Å²) in [7, 11) is 0. The molecule has 1 aromatic heterocycles. The fourth-order valence-corrected chi connectivity index (χ4v) is 3.01. The zero-order valence-corrected chi connectivity index (χ0v) is 17.0. The Balaban J connectivity index is 1.53. The molecule has 3 aromatic rings. The molecule has 0 atom stereocenters. The molecule has 8 nitrogen and oxygen atoms in total. The average Bonchev–Trinajstić information content (AvgIpc) is 2.72. The van der Waals surface area contributed by atoms with Crippen molar-refractivity contribution in [3.05, 3.63) is 76.1 Å². The molecule has 0 aliphatic carbocycles. The SMILES string of the molecule is CC(=O)Nc1ccc2c(COC(=O)CCNC(=O)Cc3ccccc3)cc(=O)oc2c1. The Kier molecular flexibility index (Phi) is 7.16. The van der Waals surface area contributed by atoms with Crippen molar-refractivity contribution < 1.29 is 23.5 Å². The van der Waals surface area contributed by atoms with E-state index in [0.29, 0.717) is 16.6 Å². The van der Waals surface area contributed by atoms with Crippen molar-refractivity contribution in [2.24, 2.45) is 0 Å². The molecule has 0 fully saturated rings. The Hall–Kier alpha value is -3.94. The largest absolute Gasteiger partial charge is 0.461 e. The molecule has 2 aromatic carbocycles. The Morgan fingerprint density at radius 2 is 1.81 bits per heavy atom. The van der Waals surface area contributed by atoms with E-state index in [1.54, 1.807) is 12.1 Å². The highest BCUT2D eigenvalue weighted by molar-refractivity contribution is 5.92. The number of nitrogens with one attached hydrogen (secondary N) is 2. The van der Waals surface area contributed by atoms with Crippen LogP contribution in [0.2, 0.25) is 0 Å². The summed E-state index contributed by atoms with van der Waals surface area (Å²) in [6, 6.07) is 15.4. The molecule has 0 saturated carbocycles. The van der Waals surface area contributed by atoms with Crippen molar-refractivity contribution >= 4 is 34.4 Å². The highest BCUT2D eigenvalue weighted by Gasteiger charge is 2.11. The predicted molar refractivity (Wildman–Crippen MR) is 114 cm³/mol. The van der Waals surface area contributed by atoms with Crippen LogP contribution in [0.3, 0.4) is 0 Å². The van der Waals surface area contributed by atoms with Gasteiger partial charge in [0.05, 0.1) is 12.8 Å². The first-order chi connectivity index (χ1) is 14.9. The Bertz CT molecular complexity index is 1150. The fraction of sp³-hybridized carbons (Fsp3) is 0.217. The molecule has 8 heteroatoms. The van der Waals surface area contributed by atoms with Gasteiger partial charge in [0.2, 0.25) is 11.8 Å². The fourth-order valence-electron chi connectivity index (χ4n) is 3.01. The van der Waals surface area contributed by atoms with Crippen LogP contribution in [-0.2, 0) is 32.1 Å². The third kappa shape index (κ3) is 6.53. The van der Waals surface area contributed by atoms with Crippen molar-refractivity contribution in [2.45, 2.75) is 26.4 Å². The van der Waals surface area contributed by atoms with E-state index in [-0.39, 0.29) is 43.4 Å². The number of esters is 1. The molecule has 0 aliphatic rings. The first kappa shape index (κ1) is 21.8. The first-order valence-corrected chi connectivity index (χ1v) is 9.71. The summed E-state index contributed by atoms with van der Waals surface area (Å²) in [6.07, 6.45) is 0.245. The van der Waals surface area contributed by atoms with Crippen LogP contribution in [-0.4, -0.2) is 24.3 Å². The maximum Gasteiger partial charge on any atom is 0.336 e. The zero-order chi connectivity index (χ0) is 22.2. The van der Waals surface area contributed by atoms with Crippen molar-refractivity contribution in [3.63, 3.8) is 0 Å². The lowest BCUT2D eigenvalue weighted by Gasteiger charge is -2.09. The first-order valence-electron chi connectivity index (χ1n) is 9.71. The molecule has 2 N–H and O–H groups in total. The minimum Gasteiger partial charge on any atom is -0.461 e. The zero-order valence-electron chi connectivity index (χ0n) is 17.0. The molecular weight excluding hydrogens is 400 g/mol. The van der Waals surface area contributed by atoms with Gasteiger partial charge >= 0.3 is 11.6 Å². The van der Waals surface area contributed by atoms with Gasteiger partial charge in [-0.3, -0.25) is 14.4 Å². The topological polar surface area (TPSA) is 115 Å². The lowest BCUT2D eigenvalue weighted by atomic mass is 10.1. The number of rotatable bonds is 8. The van der Waals surface area contributed by atoms with Crippen LogP contribution in [0.5, 0.6) is 0 Å². The van der Waals surface area contributed by atoms with Crippen LogP contribution < -0.4 is 16.3 Å². The lowest BCUT2D eigenvalue weighted by molar-refractivity contribution is -0.144. The molecule has 0 unspecified atom stereocenters. The van der Waals surface area contributed by atoms with Crippen LogP contribution in [0, 0.1) is 0 Å². The molecule has 1 heterocycles. The van der Waals surface area contributed by atoms with Crippen LogP contribution in [0.25, 0.3) is 11.0 Å². The summed E-state index contributed by atoms with van der Waals surface area (Å²) in [5, 5.41) is 5.89. The molecule has 0 spiro atoms. The van der Waals surface area contributed by atoms with Crippen molar-refractivity contribution in [3.8, 4) is 0 Å². The second-order valence-electron chi connectivity index (χ2n) is 6.91. The summed E-state index contributed by atoms with van der Waals surface area (Å²) < 4.78 is 10.4. The van der Waals surface area contributed by atoms with Gasteiger partial charge in [-0.15, -0.1) is 0 Å². The summed E-state index contributed by atoms with van der Waals surface area (Å²) in [5.74, 6) is -0.931. The molecule has 31 heavy (non-hydrogen) atoms. The number of fused-ring (bicyclic) bond motifs is 1. The maximum absolute atomic E-state index is 12.0. The quantitative estimate of drug-likeness (QED) is 0.426. The van der Waals surface area contributed by atoms with Crippen molar-refractivity contribution in [1.29, 1.82) is 0 Å². The summed E-state index contributed by atoms with van der Waals surface area (Å²) in [5.41, 5.74) is 1.55. The smallest absolute Gasteiger partial charge is 0.336 e. The summed E-state index contributed by atoms with van der Waals surface area (Å²) in [4.78, 5) is 47.0. The number of anilines is 1. The maximum atomic E-state index is 12.0. The number of carbonyl (C=O) groups is 3. The number of carbonyl (C=O) groups excluding carboxylic acids is 3. The minimum absolute atomic E-state index is 0.00653. The van der Waals surface area contributed by atoms with Gasteiger partial charge in [-0.2, -0.15) is 0 Å². The predicted octanol–water partition coefficient (Wildman–Crippen LogP) is 2.54. The second kappa shape index (κ2) is 10.2. The van der Waals surface area contributed by atoms with Gasteiger partial charge in [0.25, 0.3) is 0 Å².